The highest BCUT2D eigenvalue weighted by Gasteiger charge is 2.27. The molecule has 1 aromatic heterocycles. The maximum atomic E-state index is 12.2. The predicted molar refractivity (Wildman–Crippen MR) is 98.0 cm³/mol. The van der Waals surface area contributed by atoms with Gasteiger partial charge in [0.1, 0.15) is 12.3 Å². The van der Waals surface area contributed by atoms with Crippen LogP contribution in [0.15, 0.2) is 53.0 Å². The third-order valence-corrected chi connectivity index (χ3v) is 4.42. The molecule has 26 heavy (non-hydrogen) atoms. The highest BCUT2D eigenvalue weighted by Crippen LogP contribution is 2.30. The van der Waals surface area contributed by atoms with Crippen molar-refractivity contribution in [2.45, 2.75) is 6.10 Å². The van der Waals surface area contributed by atoms with Crippen LogP contribution in [-0.4, -0.2) is 29.5 Å². The molecule has 0 fully saturated rings. The Morgan fingerprint density at radius 3 is 2.73 bits per heavy atom. The van der Waals surface area contributed by atoms with E-state index in [1.807, 2.05) is 24.3 Å². The van der Waals surface area contributed by atoms with Crippen molar-refractivity contribution in [3.8, 4) is 11.5 Å². The first-order valence-corrected chi connectivity index (χ1v) is 8.66. The number of carbonyl (C=O) groups excluding carboxylic acids is 2. The van der Waals surface area contributed by atoms with E-state index in [-0.39, 0.29) is 6.61 Å². The Labute approximate surface area is 156 Å². The molecule has 0 radical (unpaired) electrons. The molecule has 132 valence electrons. The summed E-state index contributed by atoms with van der Waals surface area (Å²) in [5.41, 5.74) is 5.90. The summed E-state index contributed by atoms with van der Waals surface area (Å²) in [6.45, 7) is 0.0686. The van der Waals surface area contributed by atoms with Crippen molar-refractivity contribution in [1.29, 1.82) is 0 Å². The maximum Gasteiger partial charge on any atom is 0.286 e. The SMILES string of the molecule is O=C(NNC(=O)C1COc2ccccc2O1)c1cc2ccc(Br)cc2[nH]1. The van der Waals surface area contributed by atoms with E-state index in [4.69, 9.17) is 9.47 Å². The number of ether oxygens (including phenoxy) is 2. The van der Waals surface area contributed by atoms with E-state index in [9.17, 15) is 9.59 Å². The smallest absolute Gasteiger partial charge is 0.286 e. The topological polar surface area (TPSA) is 92.5 Å². The van der Waals surface area contributed by atoms with Gasteiger partial charge >= 0.3 is 0 Å². The van der Waals surface area contributed by atoms with Gasteiger partial charge in [-0.2, -0.15) is 0 Å². The molecule has 1 atom stereocenters. The van der Waals surface area contributed by atoms with Gasteiger partial charge in [-0.05, 0) is 30.3 Å². The second-order valence-electron chi connectivity index (χ2n) is 5.72. The second-order valence-corrected chi connectivity index (χ2v) is 6.64. The van der Waals surface area contributed by atoms with Gasteiger partial charge in [0.15, 0.2) is 11.5 Å². The Kier molecular flexibility index (Phi) is 4.26. The van der Waals surface area contributed by atoms with Crippen LogP contribution in [0, 0.1) is 0 Å². The number of H-pyrrole nitrogens is 1. The molecular weight excluding hydrogens is 402 g/mol. The zero-order valence-corrected chi connectivity index (χ0v) is 15.0. The third-order valence-electron chi connectivity index (χ3n) is 3.93. The van der Waals surface area contributed by atoms with Gasteiger partial charge in [0.25, 0.3) is 11.8 Å². The summed E-state index contributed by atoms with van der Waals surface area (Å²) in [5.74, 6) is 0.130. The van der Waals surface area contributed by atoms with Gasteiger partial charge in [-0.3, -0.25) is 20.4 Å². The van der Waals surface area contributed by atoms with E-state index in [1.54, 1.807) is 24.3 Å². The minimum Gasteiger partial charge on any atom is -0.485 e. The Morgan fingerprint density at radius 2 is 1.88 bits per heavy atom. The van der Waals surface area contributed by atoms with Crippen molar-refractivity contribution < 1.29 is 19.1 Å². The fraction of sp³-hybridized carbons (Fsp3) is 0.111. The molecule has 7 nitrogen and oxygen atoms in total. The summed E-state index contributed by atoms with van der Waals surface area (Å²) in [6, 6.07) is 14.4. The van der Waals surface area contributed by atoms with Crippen LogP contribution >= 0.6 is 15.9 Å². The van der Waals surface area contributed by atoms with Crippen molar-refractivity contribution in [1.82, 2.24) is 15.8 Å². The number of halogens is 1. The molecule has 0 saturated carbocycles. The lowest BCUT2D eigenvalue weighted by atomic mass is 10.2. The van der Waals surface area contributed by atoms with Gasteiger partial charge < -0.3 is 14.5 Å². The molecule has 0 saturated heterocycles. The molecule has 1 aliphatic rings. The Morgan fingerprint density at radius 1 is 1.08 bits per heavy atom. The van der Waals surface area contributed by atoms with Crippen LogP contribution in [0.3, 0.4) is 0 Å². The lowest BCUT2D eigenvalue weighted by Crippen LogP contribution is -2.50. The van der Waals surface area contributed by atoms with Crippen molar-refractivity contribution in [3.05, 3.63) is 58.7 Å². The first-order chi connectivity index (χ1) is 12.6. The number of rotatable bonds is 2. The molecule has 2 aromatic carbocycles. The Hall–Kier alpha value is -3.00. The van der Waals surface area contributed by atoms with Crippen LogP contribution in [0.1, 0.15) is 10.5 Å². The zero-order chi connectivity index (χ0) is 18.1. The van der Waals surface area contributed by atoms with Crippen molar-refractivity contribution in [2.75, 3.05) is 6.61 Å². The summed E-state index contributed by atoms with van der Waals surface area (Å²) < 4.78 is 12.0. The number of aromatic nitrogens is 1. The molecule has 3 aromatic rings. The van der Waals surface area contributed by atoms with E-state index in [1.165, 1.54) is 0 Å². The highest BCUT2D eigenvalue weighted by molar-refractivity contribution is 9.10. The van der Waals surface area contributed by atoms with E-state index < -0.39 is 17.9 Å². The third kappa shape index (κ3) is 3.23. The number of nitrogens with one attached hydrogen (secondary N) is 3. The van der Waals surface area contributed by atoms with Crippen molar-refractivity contribution in [3.63, 3.8) is 0 Å². The lowest BCUT2D eigenvalue weighted by molar-refractivity contribution is -0.131. The van der Waals surface area contributed by atoms with Crippen LogP contribution < -0.4 is 20.3 Å². The number of aromatic amines is 1. The number of hydrogen-bond acceptors (Lipinski definition) is 4. The molecule has 0 spiro atoms. The number of hydrogen-bond donors (Lipinski definition) is 3. The molecule has 1 unspecified atom stereocenters. The second kappa shape index (κ2) is 6.72. The summed E-state index contributed by atoms with van der Waals surface area (Å²) in [7, 11) is 0. The van der Waals surface area contributed by atoms with Crippen molar-refractivity contribution in [2.24, 2.45) is 0 Å². The molecule has 0 aliphatic carbocycles. The zero-order valence-electron chi connectivity index (χ0n) is 13.4. The summed E-state index contributed by atoms with van der Waals surface area (Å²) in [4.78, 5) is 27.5. The predicted octanol–water partition coefficient (Wildman–Crippen LogP) is 2.53. The summed E-state index contributed by atoms with van der Waals surface area (Å²) >= 11 is 3.38. The van der Waals surface area contributed by atoms with Crippen LogP contribution in [-0.2, 0) is 4.79 Å². The first-order valence-electron chi connectivity index (χ1n) is 7.87. The van der Waals surface area contributed by atoms with Crippen LogP contribution in [0.25, 0.3) is 10.9 Å². The van der Waals surface area contributed by atoms with Gasteiger partial charge in [-0.15, -0.1) is 0 Å². The van der Waals surface area contributed by atoms with Gasteiger partial charge in [0, 0.05) is 15.4 Å². The van der Waals surface area contributed by atoms with E-state index >= 15 is 0 Å². The maximum absolute atomic E-state index is 12.2. The molecule has 2 heterocycles. The van der Waals surface area contributed by atoms with Gasteiger partial charge in [-0.25, -0.2) is 0 Å². The minimum atomic E-state index is -0.844. The fourth-order valence-electron chi connectivity index (χ4n) is 2.64. The monoisotopic (exact) mass is 415 g/mol. The number of fused-ring (bicyclic) bond motifs is 2. The average molecular weight is 416 g/mol. The Bertz CT molecular complexity index is 1000. The normalized spacial score (nSPS) is 15.5. The van der Waals surface area contributed by atoms with Gasteiger partial charge in [0.05, 0.1) is 0 Å². The average Bonchev–Trinajstić information content (AvgIpc) is 3.08. The molecule has 0 bridgehead atoms. The first kappa shape index (κ1) is 16.5. The van der Waals surface area contributed by atoms with Gasteiger partial charge in [-0.1, -0.05) is 34.1 Å². The Balaban J connectivity index is 1.38. The number of carbonyl (C=O) groups is 2. The van der Waals surface area contributed by atoms with Gasteiger partial charge in [0.2, 0.25) is 6.10 Å². The number of amides is 2. The lowest BCUT2D eigenvalue weighted by Gasteiger charge is -2.25. The van der Waals surface area contributed by atoms with E-state index in [0.717, 1.165) is 15.4 Å². The van der Waals surface area contributed by atoms with Crippen LogP contribution in [0.4, 0.5) is 0 Å². The summed E-state index contributed by atoms with van der Waals surface area (Å²) in [6.07, 6.45) is -0.844. The van der Waals surface area contributed by atoms with E-state index in [0.29, 0.717) is 17.2 Å². The largest absolute Gasteiger partial charge is 0.485 e. The standard InChI is InChI=1S/C18H14BrN3O4/c19-11-6-5-10-7-13(20-12(10)8-11)17(23)21-22-18(24)16-9-25-14-3-1-2-4-15(14)26-16/h1-8,16,20H,9H2,(H,21,23)(H,22,24). The fourth-order valence-corrected chi connectivity index (χ4v) is 3.00. The molecule has 2 amide bonds. The molecule has 3 N–H and O–H groups in total. The molecule has 1 aliphatic heterocycles. The highest BCUT2D eigenvalue weighted by atomic mass is 79.9. The van der Waals surface area contributed by atoms with Crippen LogP contribution in [0.5, 0.6) is 11.5 Å². The number of para-hydroxylation sites is 2. The molecule has 4 rings (SSSR count). The minimum absolute atomic E-state index is 0.0686. The summed E-state index contributed by atoms with van der Waals surface area (Å²) in [5, 5.41) is 0.894. The molecular formula is C18H14BrN3O4. The number of benzene rings is 2. The van der Waals surface area contributed by atoms with Crippen LogP contribution in [0.2, 0.25) is 0 Å². The quantitative estimate of drug-likeness (QED) is 0.560. The molecule has 8 heteroatoms. The van der Waals surface area contributed by atoms with E-state index in [2.05, 4.69) is 31.8 Å². The number of hydrazine groups is 1. The van der Waals surface area contributed by atoms with Crippen molar-refractivity contribution >= 4 is 38.6 Å².